The Hall–Kier alpha value is -1.18. The maximum atomic E-state index is 9.13. The van der Waals surface area contributed by atoms with Crippen LogP contribution >= 0.6 is 11.3 Å². The van der Waals surface area contributed by atoms with Crippen LogP contribution in [0, 0.1) is 0 Å². The third kappa shape index (κ3) is 2.97. The van der Waals surface area contributed by atoms with Crippen molar-refractivity contribution in [2.24, 2.45) is 0 Å². The zero-order valence-electron chi connectivity index (χ0n) is 13.7. The number of aliphatic hydroxyl groups is 1. The number of aliphatic hydroxyl groups excluding tert-OH is 1. The van der Waals surface area contributed by atoms with E-state index in [1.54, 1.807) is 11.3 Å². The summed E-state index contributed by atoms with van der Waals surface area (Å²) in [6.07, 6.45) is 7.37. The highest BCUT2D eigenvalue weighted by molar-refractivity contribution is 7.20. The number of hydrogen-bond acceptors (Lipinski definition) is 6. The van der Waals surface area contributed by atoms with Gasteiger partial charge in [-0.3, -0.25) is 4.90 Å². The first-order valence-corrected chi connectivity index (χ1v) is 9.52. The Bertz CT molecular complexity index is 631. The van der Waals surface area contributed by atoms with Crippen LogP contribution in [-0.4, -0.2) is 63.4 Å². The van der Waals surface area contributed by atoms with Crippen molar-refractivity contribution in [3.05, 3.63) is 11.9 Å². The second kappa shape index (κ2) is 6.37. The predicted octanol–water partition coefficient (Wildman–Crippen LogP) is 1.95. The number of piperazine rings is 1. The van der Waals surface area contributed by atoms with E-state index in [1.165, 1.54) is 31.4 Å². The molecule has 6 nitrogen and oxygen atoms in total. The average Bonchev–Trinajstić information content (AvgIpc) is 3.24. The van der Waals surface area contributed by atoms with Crippen LogP contribution in [0.3, 0.4) is 0 Å². The van der Waals surface area contributed by atoms with Gasteiger partial charge in [0.05, 0.1) is 18.5 Å². The molecule has 0 bridgehead atoms. The minimum absolute atomic E-state index is 0.235. The van der Waals surface area contributed by atoms with E-state index >= 15 is 0 Å². The molecule has 1 atom stereocenters. The molecule has 2 aromatic heterocycles. The lowest BCUT2D eigenvalue weighted by molar-refractivity contribution is 0.146. The summed E-state index contributed by atoms with van der Waals surface area (Å²) < 4.78 is 1.97. The third-order valence-corrected chi connectivity index (χ3v) is 6.23. The summed E-state index contributed by atoms with van der Waals surface area (Å²) >= 11 is 1.70. The molecule has 1 aliphatic carbocycles. The molecular formula is C16H25N5OS. The molecule has 1 N–H and O–H groups in total. The van der Waals surface area contributed by atoms with Gasteiger partial charge in [0.2, 0.25) is 10.1 Å². The minimum atomic E-state index is 0.235. The molecule has 1 saturated heterocycles. The molecule has 1 saturated carbocycles. The Morgan fingerprint density at radius 3 is 2.83 bits per heavy atom. The molecule has 2 fully saturated rings. The third-order valence-electron chi connectivity index (χ3n) is 5.25. The van der Waals surface area contributed by atoms with Crippen molar-refractivity contribution in [2.45, 2.75) is 44.6 Å². The van der Waals surface area contributed by atoms with Gasteiger partial charge in [-0.2, -0.15) is 0 Å². The molecular weight excluding hydrogens is 310 g/mol. The highest BCUT2D eigenvalue weighted by atomic mass is 32.1. The fraction of sp³-hybridized carbons (Fsp3) is 0.750. The fourth-order valence-electron chi connectivity index (χ4n) is 3.88. The van der Waals surface area contributed by atoms with E-state index in [9.17, 15) is 0 Å². The highest BCUT2D eigenvalue weighted by Gasteiger charge is 2.26. The highest BCUT2D eigenvalue weighted by Crippen LogP contribution is 2.35. The zero-order valence-corrected chi connectivity index (χ0v) is 14.5. The number of imidazole rings is 1. The monoisotopic (exact) mass is 335 g/mol. The van der Waals surface area contributed by atoms with Gasteiger partial charge in [0.15, 0.2) is 0 Å². The van der Waals surface area contributed by atoms with Crippen molar-refractivity contribution in [3.63, 3.8) is 0 Å². The topological polar surface area (TPSA) is 56.9 Å². The number of fused-ring (bicyclic) bond motifs is 1. The number of rotatable bonds is 4. The molecule has 126 valence electrons. The summed E-state index contributed by atoms with van der Waals surface area (Å²) in [5.41, 5.74) is 1.23. The molecule has 0 spiro atoms. The Morgan fingerprint density at radius 2 is 2.13 bits per heavy atom. The van der Waals surface area contributed by atoms with Crippen LogP contribution in [0.2, 0.25) is 0 Å². The van der Waals surface area contributed by atoms with E-state index in [-0.39, 0.29) is 6.61 Å². The molecule has 4 rings (SSSR count). The van der Waals surface area contributed by atoms with E-state index < -0.39 is 0 Å². The van der Waals surface area contributed by atoms with Crippen molar-refractivity contribution in [2.75, 3.05) is 37.7 Å². The van der Waals surface area contributed by atoms with Crippen LogP contribution in [0.5, 0.6) is 0 Å². The summed E-state index contributed by atoms with van der Waals surface area (Å²) in [7, 11) is 0. The molecule has 3 heterocycles. The summed E-state index contributed by atoms with van der Waals surface area (Å²) in [5.74, 6) is 0.648. The van der Waals surface area contributed by atoms with Gasteiger partial charge in [-0.05, 0) is 19.8 Å². The maximum absolute atomic E-state index is 9.13. The molecule has 7 heteroatoms. The number of anilines is 1. The molecule has 2 aromatic rings. The molecule has 0 amide bonds. The lowest BCUT2D eigenvalue weighted by atomic mass is 10.1. The summed E-state index contributed by atoms with van der Waals surface area (Å²) in [5, 5.41) is 15.0. The molecule has 2 aliphatic rings. The summed E-state index contributed by atoms with van der Waals surface area (Å²) in [4.78, 5) is 10.5. The van der Waals surface area contributed by atoms with E-state index in [4.69, 9.17) is 15.2 Å². The summed E-state index contributed by atoms with van der Waals surface area (Å²) in [6, 6.07) is 0.446. The predicted molar refractivity (Wildman–Crippen MR) is 92.4 cm³/mol. The van der Waals surface area contributed by atoms with Crippen LogP contribution in [0.4, 0.5) is 5.13 Å². The quantitative estimate of drug-likeness (QED) is 0.925. The lowest BCUT2D eigenvalue weighted by Gasteiger charge is -2.39. The van der Waals surface area contributed by atoms with Gasteiger partial charge in [-0.25, -0.2) is 9.50 Å². The number of hydrogen-bond donors (Lipinski definition) is 1. The van der Waals surface area contributed by atoms with E-state index in [0.717, 1.165) is 36.3 Å². The van der Waals surface area contributed by atoms with Crippen molar-refractivity contribution in [1.29, 1.82) is 0 Å². The fourth-order valence-corrected chi connectivity index (χ4v) is 4.81. The van der Waals surface area contributed by atoms with Crippen molar-refractivity contribution in [3.8, 4) is 0 Å². The normalized spacial score (nSPS) is 24.1. The SMILES string of the molecule is CC1CN(c2nn3cc(C4CCCC4)nc3s2)CCN1CCO. The Kier molecular flexibility index (Phi) is 4.26. The minimum Gasteiger partial charge on any atom is -0.395 e. The Labute approximate surface area is 140 Å². The van der Waals surface area contributed by atoms with Gasteiger partial charge in [-0.1, -0.05) is 24.2 Å². The first kappa shape index (κ1) is 15.4. The van der Waals surface area contributed by atoms with Crippen LogP contribution in [0.1, 0.15) is 44.2 Å². The lowest BCUT2D eigenvalue weighted by Crippen LogP contribution is -2.52. The van der Waals surface area contributed by atoms with Crippen LogP contribution < -0.4 is 4.90 Å². The molecule has 23 heavy (non-hydrogen) atoms. The maximum Gasteiger partial charge on any atom is 0.214 e. The Morgan fingerprint density at radius 1 is 1.30 bits per heavy atom. The summed E-state index contributed by atoms with van der Waals surface area (Å²) in [6.45, 7) is 6.14. The molecule has 0 radical (unpaired) electrons. The molecule has 1 aliphatic heterocycles. The number of nitrogens with zero attached hydrogens (tertiary/aromatic N) is 5. The average molecular weight is 335 g/mol. The second-order valence-electron chi connectivity index (χ2n) is 6.81. The van der Waals surface area contributed by atoms with E-state index in [0.29, 0.717) is 12.0 Å². The van der Waals surface area contributed by atoms with Gasteiger partial charge in [0, 0.05) is 38.1 Å². The van der Waals surface area contributed by atoms with Gasteiger partial charge in [0.1, 0.15) is 0 Å². The second-order valence-corrected chi connectivity index (χ2v) is 7.75. The molecule has 0 aromatic carbocycles. The smallest absolute Gasteiger partial charge is 0.214 e. The first-order valence-electron chi connectivity index (χ1n) is 8.70. The molecule has 1 unspecified atom stereocenters. The number of β-amino-alcohol motifs (C(OH)–C–C–N with tert-alkyl or cyclic N) is 1. The van der Waals surface area contributed by atoms with Gasteiger partial charge >= 0.3 is 0 Å². The first-order chi connectivity index (χ1) is 11.2. The standard InChI is InChI=1S/C16H25N5OS/c1-12-10-20(7-6-19(12)8-9-22)16-18-21-11-14(17-15(21)23-16)13-4-2-3-5-13/h11-13,22H,2-10H2,1H3. The van der Waals surface area contributed by atoms with Crippen molar-refractivity contribution in [1.82, 2.24) is 19.5 Å². The van der Waals surface area contributed by atoms with Crippen molar-refractivity contribution < 1.29 is 5.11 Å². The van der Waals surface area contributed by atoms with Gasteiger partial charge in [0.25, 0.3) is 0 Å². The number of aromatic nitrogens is 3. The van der Waals surface area contributed by atoms with Gasteiger partial charge < -0.3 is 10.0 Å². The van der Waals surface area contributed by atoms with Crippen LogP contribution in [-0.2, 0) is 0 Å². The van der Waals surface area contributed by atoms with E-state index in [1.807, 2.05) is 4.52 Å². The van der Waals surface area contributed by atoms with Crippen LogP contribution in [0.15, 0.2) is 6.20 Å². The Balaban J connectivity index is 1.48. The zero-order chi connectivity index (χ0) is 15.8. The van der Waals surface area contributed by atoms with Crippen molar-refractivity contribution >= 4 is 21.4 Å². The van der Waals surface area contributed by atoms with Gasteiger partial charge in [-0.15, -0.1) is 5.10 Å². The largest absolute Gasteiger partial charge is 0.395 e. The van der Waals surface area contributed by atoms with E-state index in [2.05, 4.69) is 22.9 Å². The van der Waals surface area contributed by atoms with Crippen LogP contribution in [0.25, 0.3) is 4.96 Å².